The molecule has 0 spiro atoms. The fourth-order valence-electron chi connectivity index (χ4n) is 3.08. The van der Waals surface area contributed by atoms with E-state index in [-0.39, 0.29) is 0 Å². The Balaban J connectivity index is 2.00. The molecule has 0 N–H and O–H groups in total. The van der Waals surface area contributed by atoms with E-state index >= 15 is 0 Å². The van der Waals surface area contributed by atoms with Crippen molar-refractivity contribution in [1.82, 2.24) is 9.38 Å². The molecule has 0 saturated carbocycles. The van der Waals surface area contributed by atoms with Crippen LogP contribution in [0.5, 0.6) is 0 Å². The van der Waals surface area contributed by atoms with Gasteiger partial charge in [-0.25, -0.2) is 4.98 Å². The van der Waals surface area contributed by atoms with Crippen LogP contribution in [0.25, 0.3) is 39.0 Å². The minimum atomic E-state index is 0.769. The van der Waals surface area contributed by atoms with Crippen molar-refractivity contribution in [2.24, 2.45) is 0 Å². The van der Waals surface area contributed by atoms with Crippen LogP contribution in [0.3, 0.4) is 0 Å². The lowest BCUT2D eigenvalue weighted by atomic mass is 10.1. The monoisotopic (exact) mass is 284 g/mol. The van der Waals surface area contributed by atoms with Crippen LogP contribution in [-0.4, -0.2) is 9.38 Å². The van der Waals surface area contributed by atoms with Gasteiger partial charge in [-0.2, -0.15) is 0 Å². The molecule has 0 bridgehead atoms. The highest BCUT2D eigenvalue weighted by atomic mass is 16.3. The highest BCUT2D eigenvalue weighted by Gasteiger charge is 2.15. The van der Waals surface area contributed by atoms with Crippen molar-refractivity contribution in [3.8, 4) is 11.4 Å². The van der Waals surface area contributed by atoms with Crippen molar-refractivity contribution in [1.29, 1.82) is 0 Å². The van der Waals surface area contributed by atoms with Crippen molar-refractivity contribution < 1.29 is 4.42 Å². The van der Waals surface area contributed by atoms with E-state index in [2.05, 4.69) is 51.8 Å². The lowest BCUT2D eigenvalue weighted by molar-refractivity contribution is 0.656. The summed E-state index contributed by atoms with van der Waals surface area (Å²) in [5, 5.41) is 2.37. The summed E-state index contributed by atoms with van der Waals surface area (Å²) < 4.78 is 8.07. The normalized spacial score (nSPS) is 11.6. The summed E-state index contributed by atoms with van der Waals surface area (Å²) in [7, 11) is 0. The summed E-state index contributed by atoms with van der Waals surface area (Å²) in [4.78, 5) is 4.55. The quantitative estimate of drug-likeness (QED) is 0.438. The average molecular weight is 284 g/mol. The third-order valence-electron chi connectivity index (χ3n) is 4.06. The van der Waals surface area contributed by atoms with Gasteiger partial charge >= 0.3 is 0 Å². The molecule has 0 aliphatic rings. The van der Waals surface area contributed by atoms with Gasteiger partial charge in [0.05, 0.1) is 6.20 Å². The molecule has 5 rings (SSSR count). The van der Waals surface area contributed by atoms with Crippen LogP contribution in [0.1, 0.15) is 0 Å². The molecule has 3 nitrogen and oxygen atoms in total. The van der Waals surface area contributed by atoms with Crippen LogP contribution in [0.15, 0.2) is 77.3 Å². The van der Waals surface area contributed by atoms with Crippen molar-refractivity contribution >= 4 is 27.6 Å². The van der Waals surface area contributed by atoms with Crippen molar-refractivity contribution in [3.05, 3.63) is 72.9 Å². The first kappa shape index (κ1) is 11.6. The molecule has 3 aromatic carbocycles. The lowest BCUT2D eigenvalue weighted by Crippen LogP contribution is -1.88. The number of hydrogen-bond donors (Lipinski definition) is 0. The van der Waals surface area contributed by atoms with Gasteiger partial charge in [0.25, 0.3) is 0 Å². The first-order valence-electron chi connectivity index (χ1n) is 7.25. The number of rotatable bonds is 1. The zero-order valence-electron chi connectivity index (χ0n) is 11.7. The molecule has 2 heterocycles. The van der Waals surface area contributed by atoms with E-state index < -0.39 is 0 Å². The summed E-state index contributed by atoms with van der Waals surface area (Å²) >= 11 is 0. The van der Waals surface area contributed by atoms with Gasteiger partial charge in [-0.3, -0.25) is 4.40 Å². The van der Waals surface area contributed by atoms with Gasteiger partial charge in [0.2, 0.25) is 5.71 Å². The van der Waals surface area contributed by atoms with E-state index in [1.165, 1.54) is 10.8 Å². The molecule has 0 saturated heterocycles. The van der Waals surface area contributed by atoms with Gasteiger partial charge in [0.15, 0.2) is 5.58 Å². The molecule has 3 heteroatoms. The molecule has 0 radical (unpaired) electrons. The SMILES string of the molecule is c1ccc(-c2ncc3oc4ccc5ccccc5c4n23)cc1. The van der Waals surface area contributed by atoms with E-state index in [0.29, 0.717) is 0 Å². The maximum Gasteiger partial charge on any atom is 0.225 e. The van der Waals surface area contributed by atoms with Gasteiger partial charge in [0, 0.05) is 10.9 Å². The molecule has 5 aromatic rings. The van der Waals surface area contributed by atoms with E-state index in [1.807, 2.05) is 24.3 Å². The van der Waals surface area contributed by atoms with Gasteiger partial charge in [0.1, 0.15) is 11.3 Å². The number of fused-ring (bicyclic) bond motifs is 5. The summed E-state index contributed by atoms with van der Waals surface area (Å²) in [5.41, 5.74) is 3.81. The van der Waals surface area contributed by atoms with E-state index in [0.717, 1.165) is 28.2 Å². The van der Waals surface area contributed by atoms with Crippen molar-refractivity contribution in [2.75, 3.05) is 0 Å². The fraction of sp³-hybridized carbons (Fsp3) is 0. The first-order valence-corrected chi connectivity index (χ1v) is 7.25. The Labute approximate surface area is 126 Å². The van der Waals surface area contributed by atoms with E-state index in [4.69, 9.17) is 4.42 Å². The molecule has 0 amide bonds. The number of imidazole rings is 1. The zero-order valence-corrected chi connectivity index (χ0v) is 11.7. The Hall–Kier alpha value is -3.07. The second-order valence-corrected chi connectivity index (χ2v) is 5.36. The Morgan fingerprint density at radius 3 is 2.55 bits per heavy atom. The van der Waals surface area contributed by atoms with Gasteiger partial charge in [-0.1, -0.05) is 60.7 Å². The largest absolute Gasteiger partial charge is 0.436 e. The molecule has 2 aromatic heterocycles. The minimum absolute atomic E-state index is 0.769. The third kappa shape index (κ3) is 1.48. The summed E-state index contributed by atoms with van der Waals surface area (Å²) in [5.74, 6) is 0.908. The Bertz CT molecular complexity index is 1120. The molecule has 0 fully saturated rings. The van der Waals surface area contributed by atoms with Crippen LogP contribution < -0.4 is 0 Å². The number of benzene rings is 3. The Kier molecular flexibility index (Phi) is 2.22. The van der Waals surface area contributed by atoms with Crippen molar-refractivity contribution in [2.45, 2.75) is 0 Å². The number of nitrogens with zero attached hydrogens (tertiary/aromatic N) is 2. The lowest BCUT2D eigenvalue weighted by Gasteiger charge is -2.02. The van der Waals surface area contributed by atoms with Crippen LogP contribution in [0.2, 0.25) is 0 Å². The Morgan fingerprint density at radius 1 is 0.818 bits per heavy atom. The fourth-order valence-corrected chi connectivity index (χ4v) is 3.08. The van der Waals surface area contributed by atoms with Crippen LogP contribution >= 0.6 is 0 Å². The first-order chi connectivity index (χ1) is 10.9. The highest BCUT2D eigenvalue weighted by molar-refractivity contribution is 6.05. The second kappa shape index (κ2) is 4.21. The van der Waals surface area contributed by atoms with Gasteiger partial charge in [-0.05, 0) is 11.5 Å². The third-order valence-corrected chi connectivity index (χ3v) is 4.06. The predicted octanol–water partition coefficient (Wildman–Crippen LogP) is 4.90. The van der Waals surface area contributed by atoms with Gasteiger partial charge < -0.3 is 4.42 Å². The smallest absolute Gasteiger partial charge is 0.225 e. The number of hydrogen-bond acceptors (Lipinski definition) is 2. The van der Waals surface area contributed by atoms with Gasteiger partial charge in [-0.15, -0.1) is 0 Å². The molecule has 0 atom stereocenters. The minimum Gasteiger partial charge on any atom is -0.436 e. The molecule has 0 unspecified atom stereocenters. The molecular weight excluding hydrogens is 272 g/mol. The second-order valence-electron chi connectivity index (χ2n) is 5.36. The average Bonchev–Trinajstić information content (AvgIpc) is 3.14. The Morgan fingerprint density at radius 2 is 1.64 bits per heavy atom. The molecule has 22 heavy (non-hydrogen) atoms. The van der Waals surface area contributed by atoms with Crippen LogP contribution in [0, 0.1) is 0 Å². The highest BCUT2D eigenvalue weighted by Crippen LogP contribution is 2.32. The maximum absolute atomic E-state index is 5.96. The summed E-state index contributed by atoms with van der Waals surface area (Å²) in [6, 6.07) is 22.7. The summed E-state index contributed by atoms with van der Waals surface area (Å²) in [6.45, 7) is 0. The molecule has 0 aliphatic carbocycles. The van der Waals surface area contributed by atoms with E-state index in [1.54, 1.807) is 6.20 Å². The standard InChI is InChI=1S/C19H12N2O/c1-2-7-14(8-3-1)19-20-12-17-21(19)18-15-9-5-4-6-13(15)10-11-16(18)22-17/h1-12H. The number of oxazole rings is 1. The molecule has 0 aliphatic heterocycles. The molecular formula is C19H12N2O. The topological polar surface area (TPSA) is 30.4 Å². The zero-order chi connectivity index (χ0) is 14.5. The molecule has 104 valence electrons. The predicted molar refractivity (Wildman–Crippen MR) is 87.9 cm³/mol. The summed E-state index contributed by atoms with van der Waals surface area (Å²) in [6.07, 6.45) is 1.79. The van der Waals surface area contributed by atoms with Crippen LogP contribution in [0.4, 0.5) is 0 Å². The van der Waals surface area contributed by atoms with Crippen LogP contribution in [-0.2, 0) is 0 Å². The van der Waals surface area contributed by atoms with Crippen molar-refractivity contribution in [3.63, 3.8) is 0 Å². The van der Waals surface area contributed by atoms with E-state index in [9.17, 15) is 0 Å². The maximum atomic E-state index is 5.96. The number of aromatic nitrogens is 2.